The summed E-state index contributed by atoms with van der Waals surface area (Å²) in [5, 5.41) is 6.73. The average Bonchev–Trinajstić information content (AvgIpc) is 2.36. The van der Waals surface area contributed by atoms with Crippen LogP contribution in [0.1, 0.15) is 12.5 Å². The fourth-order valence-electron chi connectivity index (χ4n) is 1.38. The topological polar surface area (TPSA) is 71.0 Å². The highest BCUT2D eigenvalue weighted by Gasteiger charge is 2.07. The van der Waals surface area contributed by atoms with E-state index >= 15 is 0 Å². The number of aryl methyl sites for hydroxylation is 1. The van der Waals surface area contributed by atoms with Gasteiger partial charge in [-0.15, -0.1) is 4.91 Å². The summed E-state index contributed by atoms with van der Waals surface area (Å²) in [4.78, 5) is 21.8. The van der Waals surface area contributed by atoms with Gasteiger partial charge in [0.25, 0.3) is 0 Å². The first kappa shape index (κ1) is 14.0. The molecule has 0 aliphatic rings. The second kappa shape index (κ2) is 7.26. The molecule has 6 nitrogen and oxygen atoms in total. The van der Waals surface area contributed by atoms with Crippen LogP contribution in [-0.2, 0) is 4.74 Å². The molecule has 1 rings (SSSR count). The van der Waals surface area contributed by atoms with Crippen LogP contribution >= 0.6 is 0 Å². The lowest BCUT2D eigenvalue weighted by Gasteiger charge is -2.15. The molecule has 6 heteroatoms. The van der Waals surface area contributed by atoms with Gasteiger partial charge in [0.15, 0.2) is 0 Å². The molecule has 0 heterocycles. The zero-order chi connectivity index (χ0) is 13.4. The second-order valence-electron chi connectivity index (χ2n) is 3.69. The molecule has 0 saturated carbocycles. The molecule has 0 aromatic heterocycles. The normalized spacial score (nSPS) is 9.67. The molecule has 0 bridgehead atoms. The summed E-state index contributed by atoms with van der Waals surface area (Å²) in [5.41, 5.74) is 1.80. The van der Waals surface area contributed by atoms with Crippen LogP contribution in [0.3, 0.4) is 0 Å². The maximum atomic E-state index is 11.0. The number of hydrogen-bond acceptors (Lipinski definition) is 4. The molecule has 98 valence electrons. The summed E-state index contributed by atoms with van der Waals surface area (Å²) in [6.45, 7) is 4.60. The van der Waals surface area contributed by atoms with E-state index in [9.17, 15) is 9.70 Å². The summed E-state index contributed by atoms with van der Waals surface area (Å²) >= 11 is 0. The van der Waals surface area contributed by atoms with Crippen LogP contribution in [-0.4, -0.2) is 25.8 Å². The SMILES string of the molecule is CCOC(=O)NCCN(N=O)c1ccc(C)cc1. The number of alkyl carbamates (subject to hydrolysis) is 1. The predicted octanol–water partition coefficient (Wildman–Crippen LogP) is 2.23. The number of carbonyl (C=O) groups is 1. The van der Waals surface area contributed by atoms with Gasteiger partial charge < -0.3 is 10.1 Å². The fraction of sp³-hybridized carbons (Fsp3) is 0.417. The van der Waals surface area contributed by atoms with Crippen molar-refractivity contribution in [2.24, 2.45) is 5.29 Å². The van der Waals surface area contributed by atoms with Crippen molar-refractivity contribution < 1.29 is 9.53 Å². The Kier molecular flexibility index (Phi) is 5.63. The minimum Gasteiger partial charge on any atom is -0.450 e. The molecule has 0 radical (unpaired) electrons. The Morgan fingerprint density at radius 3 is 2.61 bits per heavy atom. The van der Waals surface area contributed by atoms with E-state index in [1.54, 1.807) is 19.1 Å². The molecule has 1 aromatic carbocycles. The standard InChI is InChI=1S/C12H17N3O3/c1-3-18-12(16)13-8-9-15(14-17)11-6-4-10(2)5-7-11/h4-7H,3,8-9H2,1-2H3,(H,13,16). The van der Waals surface area contributed by atoms with Gasteiger partial charge in [0.2, 0.25) is 0 Å². The zero-order valence-corrected chi connectivity index (χ0v) is 10.5. The first-order valence-electron chi connectivity index (χ1n) is 5.75. The molecule has 0 aliphatic carbocycles. The van der Waals surface area contributed by atoms with Crippen molar-refractivity contribution in [2.75, 3.05) is 24.7 Å². The Morgan fingerprint density at radius 1 is 1.39 bits per heavy atom. The van der Waals surface area contributed by atoms with Gasteiger partial charge in [-0.3, -0.25) is 0 Å². The predicted molar refractivity (Wildman–Crippen MR) is 69.3 cm³/mol. The summed E-state index contributed by atoms with van der Waals surface area (Å²) in [6.07, 6.45) is -0.493. The Morgan fingerprint density at radius 2 is 2.06 bits per heavy atom. The van der Waals surface area contributed by atoms with Gasteiger partial charge in [-0.2, -0.15) is 0 Å². The molecule has 18 heavy (non-hydrogen) atoms. The van der Waals surface area contributed by atoms with Crippen molar-refractivity contribution in [3.63, 3.8) is 0 Å². The molecule has 0 saturated heterocycles. The lowest BCUT2D eigenvalue weighted by atomic mass is 10.2. The largest absolute Gasteiger partial charge is 0.450 e. The van der Waals surface area contributed by atoms with Crippen LogP contribution in [0, 0.1) is 11.8 Å². The number of hydrogen-bond donors (Lipinski definition) is 1. The van der Waals surface area contributed by atoms with Gasteiger partial charge in [-0.05, 0) is 26.0 Å². The number of amides is 1. The van der Waals surface area contributed by atoms with E-state index < -0.39 is 6.09 Å². The zero-order valence-electron chi connectivity index (χ0n) is 10.5. The van der Waals surface area contributed by atoms with Crippen LogP contribution < -0.4 is 10.3 Å². The number of benzene rings is 1. The lowest BCUT2D eigenvalue weighted by Crippen LogP contribution is -2.32. The summed E-state index contributed by atoms with van der Waals surface area (Å²) < 4.78 is 4.70. The highest BCUT2D eigenvalue weighted by Crippen LogP contribution is 2.14. The van der Waals surface area contributed by atoms with Gasteiger partial charge >= 0.3 is 6.09 Å². The van der Waals surface area contributed by atoms with Crippen LogP contribution in [0.2, 0.25) is 0 Å². The minimum absolute atomic E-state index is 0.290. The van der Waals surface area contributed by atoms with Crippen molar-refractivity contribution in [1.82, 2.24) is 5.32 Å². The van der Waals surface area contributed by atoms with Crippen molar-refractivity contribution in [1.29, 1.82) is 0 Å². The number of nitrogens with zero attached hydrogens (tertiary/aromatic N) is 2. The Balaban J connectivity index is 2.45. The van der Waals surface area contributed by atoms with E-state index in [0.29, 0.717) is 25.4 Å². The highest BCUT2D eigenvalue weighted by molar-refractivity contribution is 5.67. The van der Waals surface area contributed by atoms with E-state index in [1.807, 2.05) is 19.1 Å². The molecule has 0 fully saturated rings. The Hall–Kier alpha value is -2.11. The molecule has 1 N–H and O–H groups in total. The molecule has 0 spiro atoms. The molecule has 0 unspecified atom stereocenters. The van der Waals surface area contributed by atoms with Crippen molar-refractivity contribution >= 4 is 11.8 Å². The molecule has 0 aliphatic heterocycles. The maximum Gasteiger partial charge on any atom is 0.407 e. The number of carbonyl (C=O) groups excluding carboxylic acids is 1. The van der Waals surface area contributed by atoms with Crippen molar-refractivity contribution in [3.05, 3.63) is 34.7 Å². The van der Waals surface area contributed by atoms with E-state index in [4.69, 9.17) is 4.74 Å². The monoisotopic (exact) mass is 251 g/mol. The lowest BCUT2D eigenvalue weighted by molar-refractivity contribution is 0.152. The second-order valence-corrected chi connectivity index (χ2v) is 3.69. The van der Waals surface area contributed by atoms with Crippen LogP contribution in [0.25, 0.3) is 0 Å². The first-order chi connectivity index (χ1) is 8.67. The fourth-order valence-corrected chi connectivity index (χ4v) is 1.38. The average molecular weight is 251 g/mol. The van der Waals surface area contributed by atoms with E-state index in [-0.39, 0.29) is 0 Å². The number of ether oxygens (including phenoxy) is 1. The third-order valence-electron chi connectivity index (χ3n) is 2.30. The summed E-state index contributed by atoms with van der Waals surface area (Å²) in [5.74, 6) is 0. The van der Waals surface area contributed by atoms with Crippen LogP contribution in [0.15, 0.2) is 29.6 Å². The Labute approximate surface area is 106 Å². The molecule has 1 aromatic rings. The van der Waals surface area contributed by atoms with Gasteiger partial charge in [0.05, 0.1) is 24.1 Å². The summed E-state index contributed by atoms with van der Waals surface area (Å²) in [6, 6.07) is 7.40. The van der Waals surface area contributed by atoms with E-state index in [2.05, 4.69) is 10.6 Å². The molecular formula is C12H17N3O3. The summed E-state index contributed by atoms with van der Waals surface area (Å²) in [7, 11) is 0. The smallest absolute Gasteiger partial charge is 0.407 e. The number of nitrogens with one attached hydrogen (secondary N) is 1. The van der Waals surface area contributed by atoms with Crippen LogP contribution in [0.5, 0.6) is 0 Å². The highest BCUT2D eigenvalue weighted by atomic mass is 16.5. The first-order valence-corrected chi connectivity index (χ1v) is 5.75. The van der Waals surface area contributed by atoms with Gasteiger partial charge in [-0.25, -0.2) is 9.80 Å². The number of nitroso groups, excluding NO2 is 1. The number of rotatable bonds is 6. The van der Waals surface area contributed by atoms with Gasteiger partial charge in [0, 0.05) is 6.54 Å². The quantitative estimate of drug-likeness (QED) is 0.621. The van der Waals surface area contributed by atoms with E-state index in [1.165, 1.54) is 5.01 Å². The third-order valence-corrected chi connectivity index (χ3v) is 2.30. The van der Waals surface area contributed by atoms with Crippen LogP contribution in [0.4, 0.5) is 10.5 Å². The maximum absolute atomic E-state index is 11.0. The third kappa shape index (κ3) is 4.40. The number of anilines is 1. The van der Waals surface area contributed by atoms with Crippen molar-refractivity contribution in [3.8, 4) is 0 Å². The van der Waals surface area contributed by atoms with Gasteiger partial charge in [0.1, 0.15) is 0 Å². The Bertz CT molecular complexity index is 392. The minimum atomic E-state index is -0.493. The molecular weight excluding hydrogens is 234 g/mol. The van der Waals surface area contributed by atoms with Gasteiger partial charge in [-0.1, -0.05) is 17.7 Å². The van der Waals surface area contributed by atoms with E-state index in [0.717, 1.165) is 5.56 Å². The molecule has 1 amide bonds. The molecule has 0 atom stereocenters. The van der Waals surface area contributed by atoms with Crippen molar-refractivity contribution in [2.45, 2.75) is 13.8 Å².